The van der Waals surface area contributed by atoms with Gasteiger partial charge < -0.3 is 15.0 Å². The standard InChI is InChI=1S/C24H32N2O3/c1-16(24-12-17-8-18(13-24)10-19(9-17)14-24)25-22(27)15-29-21-5-2-4-20(11-21)26-7-3-6-23(26)28/h2,4-5,11,16-19H,3,6-10,12-15H2,1H3,(H,25,27)/t16-,17?,18?,19?,24?/m0/s1. The predicted octanol–water partition coefficient (Wildman–Crippen LogP) is 3.91. The molecule has 4 aliphatic carbocycles. The molecule has 1 aliphatic heterocycles. The van der Waals surface area contributed by atoms with Crippen molar-refractivity contribution in [3.8, 4) is 5.75 Å². The summed E-state index contributed by atoms with van der Waals surface area (Å²) >= 11 is 0. The van der Waals surface area contributed by atoms with E-state index in [0.717, 1.165) is 36.4 Å². The molecule has 0 unspecified atom stereocenters. The Hall–Kier alpha value is -2.04. The fraction of sp³-hybridized carbons (Fsp3) is 0.667. The molecular weight excluding hydrogens is 364 g/mol. The molecule has 1 N–H and O–H groups in total. The average molecular weight is 397 g/mol. The molecule has 1 heterocycles. The first-order valence-corrected chi connectivity index (χ1v) is 11.3. The second-order valence-corrected chi connectivity index (χ2v) is 10.0. The Kier molecular flexibility index (Phi) is 4.79. The van der Waals surface area contributed by atoms with Gasteiger partial charge in [0, 0.05) is 30.8 Å². The number of ether oxygens (including phenoxy) is 1. The molecule has 0 spiro atoms. The molecule has 4 bridgehead atoms. The monoisotopic (exact) mass is 396 g/mol. The fourth-order valence-electron chi connectivity index (χ4n) is 6.96. The summed E-state index contributed by atoms with van der Waals surface area (Å²) < 4.78 is 5.77. The molecule has 0 aromatic heterocycles. The summed E-state index contributed by atoms with van der Waals surface area (Å²) in [6.45, 7) is 2.98. The highest BCUT2D eigenvalue weighted by molar-refractivity contribution is 5.95. The quantitative estimate of drug-likeness (QED) is 0.793. The normalized spacial score (nSPS) is 33.8. The summed E-state index contributed by atoms with van der Waals surface area (Å²) in [4.78, 5) is 26.4. The van der Waals surface area contributed by atoms with Crippen LogP contribution in [0, 0.1) is 23.2 Å². The molecule has 5 nitrogen and oxygen atoms in total. The average Bonchev–Trinajstić information content (AvgIpc) is 3.11. The van der Waals surface area contributed by atoms with Gasteiger partial charge in [0.1, 0.15) is 5.75 Å². The van der Waals surface area contributed by atoms with Crippen LogP contribution in [0.15, 0.2) is 24.3 Å². The van der Waals surface area contributed by atoms with E-state index in [2.05, 4.69) is 12.2 Å². The van der Waals surface area contributed by atoms with Crippen molar-refractivity contribution in [1.29, 1.82) is 0 Å². The van der Waals surface area contributed by atoms with Crippen molar-refractivity contribution in [2.45, 2.75) is 64.3 Å². The zero-order valence-electron chi connectivity index (χ0n) is 17.4. The van der Waals surface area contributed by atoms with Gasteiger partial charge in [-0.05, 0) is 87.2 Å². The first-order chi connectivity index (χ1) is 14.0. The third-order valence-corrected chi connectivity index (χ3v) is 7.95. The van der Waals surface area contributed by atoms with E-state index in [1.807, 2.05) is 24.3 Å². The maximum Gasteiger partial charge on any atom is 0.258 e. The molecule has 6 rings (SSSR count). The van der Waals surface area contributed by atoms with Crippen LogP contribution in [0.5, 0.6) is 5.75 Å². The Morgan fingerprint density at radius 3 is 2.52 bits per heavy atom. The second-order valence-electron chi connectivity index (χ2n) is 10.0. The molecule has 5 fully saturated rings. The minimum atomic E-state index is -0.0455. The summed E-state index contributed by atoms with van der Waals surface area (Å²) in [7, 11) is 0. The van der Waals surface area contributed by atoms with Crippen molar-refractivity contribution < 1.29 is 14.3 Å². The first-order valence-electron chi connectivity index (χ1n) is 11.3. The molecule has 5 aliphatic rings. The summed E-state index contributed by atoms with van der Waals surface area (Å²) in [6, 6.07) is 7.72. The smallest absolute Gasteiger partial charge is 0.258 e. The van der Waals surface area contributed by atoms with E-state index < -0.39 is 0 Å². The van der Waals surface area contributed by atoms with Crippen molar-refractivity contribution in [3.63, 3.8) is 0 Å². The number of anilines is 1. The van der Waals surface area contributed by atoms with E-state index in [1.54, 1.807) is 4.90 Å². The molecule has 1 aromatic carbocycles. The third kappa shape index (κ3) is 3.64. The topological polar surface area (TPSA) is 58.6 Å². The van der Waals surface area contributed by atoms with Crippen molar-refractivity contribution in [2.24, 2.45) is 23.2 Å². The SMILES string of the molecule is C[C@H](NC(=O)COc1cccc(N2CCCC2=O)c1)C12CC3CC(CC(C3)C1)C2. The zero-order valence-corrected chi connectivity index (χ0v) is 17.4. The Morgan fingerprint density at radius 2 is 1.90 bits per heavy atom. The lowest BCUT2D eigenvalue weighted by atomic mass is 9.48. The number of carbonyl (C=O) groups is 2. The van der Waals surface area contributed by atoms with Gasteiger partial charge in [0.2, 0.25) is 5.91 Å². The maximum atomic E-state index is 12.6. The Balaban J connectivity index is 1.17. The first kappa shape index (κ1) is 19.0. The van der Waals surface area contributed by atoms with Gasteiger partial charge in [0.05, 0.1) is 0 Å². The number of rotatable bonds is 6. The van der Waals surface area contributed by atoms with Gasteiger partial charge in [0.25, 0.3) is 5.91 Å². The fourth-order valence-corrected chi connectivity index (χ4v) is 6.96. The lowest BCUT2D eigenvalue weighted by Gasteiger charge is -2.59. The van der Waals surface area contributed by atoms with Gasteiger partial charge in [-0.1, -0.05) is 6.07 Å². The third-order valence-electron chi connectivity index (χ3n) is 7.95. The minimum absolute atomic E-state index is 0.0219. The van der Waals surface area contributed by atoms with Gasteiger partial charge in [-0.25, -0.2) is 0 Å². The van der Waals surface area contributed by atoms with Crippen molar-refractivity contribution in [1.82, 2.24) is 5.32 Å². The van der Waals surface area contributed by atoms with Crippen LogP contribution in [-0.4, -0.2) is 31.0 Å². The molecule has 1 atom stereocenters. The second kappa shape index (κ2) is 7.33. The predicted molar refractivity (Wildman–Crippen MR) is 112 cm³/mol. The van der Waals surface area contributed by atoms with Crippen LogP contribution in [0.3, 0.4) is 0 Å². The van der Waals surface area contributed by atoms with Gasteiger partial charge >= 0.3 is 0 Å². The summed E-state index contributed by atoms with van der Waals surface area (Å²) in [5, 5.41) is 3.26. The number of carbonyl (C=O) groups excluding carboxylic acids is 2. The summed E-state index contributed by atoms with van der Waals surface area (Å²) in [5.74, 6) is 3.40. The zero-order chi connectivity index (χ0) is 20.0. The van der Waals surface area contributed by atoms with E-state index >= 15 is 0 Å². The molecule has 1 saturated heterocycles. The van der Waals surface area contributed by atoms with Gasteiger partial charge in [0.15, 0.2) is 6.61 Å². The molecule has 29 heavy (non-hydrogen) atoms. The number of benzene rings is 1. The lowest BCUT2D eigenvalue weighted by molar-refractivity contribution is -0.127. The van der Waals surface area contributed by atoms with Crippen molar-refractivity contribution in [3.05, 3.63) is 24.3 Å². The van der Waals surface area contributed by atoms with E-state index in [9.17, 15) is 9.59 Å². The Bertz CT molecular complexity index is 770. The summed E-state index contributed by atoms with van der Waals surface area (Å²) in [5.41, 5.74) is 1.16. The van der Waals surface area contributed by atoms with E-state index in [1.165, 1.54) is 38.5 Å². The van der Waals surface area contributed by atoms with Crippen LogP contribution in [0.4, 0.5) is 5.69 Å². The van der Waals surface area contributed by atoms with Crippen LogP contribution in [0.25, 0.3) is 0 Å². The van der Waals surface area contributed by atoms with E-state index in [-0.39, 0.29) is 24.5 Å². The molecule has 156 valence electrons. The highest BCUT2D eigenvalue weighted by Crippen LogP contribution is 2.61. The van der Waals surface area contributed by atoms with Crippen LogP contribution in [0.1, 0.15) is 58.3 Å². The molecular formula is C24H32N2O3. The van der Waals surface area contributed by atoms with E-state index in [4.69, 9.17) is 4.74 Å². The Morgan fingerprint density at radius 1 is 1.21 bits per heavy atom. The number of hydrogen-bond acceptors (Lipinski definition) is 3. The van der Waals surface area contributed by atoms with Crippen LogP contribution in [0.2, 0.25) is 0 Å². The van der Waals surface area contributed by atoms with Crippen LogP contribution < -0.4 is 15.0 Å². The number of hydrogen-bond donors (Lipinski definition) is 1. The molecule has 1 aromatic rings. The van der Waals surface area contributed by atoms with Gasteiger partial charge in [-0.3, -0.25) is 9.59 Å². The molecule has 0 radical (unpaired) electrons. The number of nitrogens with zero attached hydrogens (tertiary/aromatic N) is 1. The lowest BCUT2D eigenvalue weighted by Crippen LogP contribution is -2.56. The number of amides is 2. The van der Waals surface area contributed by atoms with Crippen LogP contribution in [-0.2, 0) is 9.59 Å². The molecule has 4 saturated carbocycles. The molecule has 2 amide bonds. The highest BCUT2D eigenvalue weighted by atomic mass is 16.5. The van der Waals surface area contributed by atoms with E-state index in [0.29, 0.717) is 17.6 Å². The number of nitrogens with one attached hydrogen (secondary N) is 1. The van der Waals surface area contributed by atoms with Crippen molar-refractivity contribution >= 4 is 17.5 Å². The minimum Gasteiger partial charge on any atom is -0.484 e. The van der Waals surface area contributed by atoms with Gasteiger partial charge in [-0.2, -0.15) is 0 Å². The van der Waals surface area contributed by atoms with Crippen molar-refractivity contribution in [2.75, 3.05) is 18.1 Å². The Labute approximate surface area is 173 Å². The highest BCUT2D eigenvalue weighted by Gasteiger charge is 2.53. The molecule has 5 heteroatoms. The maximum absolute atomic E-state index is 12.6. The van der Waals surface area contributed by atoms with Gasteiger partial charge in [-0.15, -0.1) is 0 Å². The van der Waals surface area contributed by atoms with Crippen LogP contribution >= 0.6 is 0 Å². The summed E-state index contributed by atoms with van der Waals surface area (Å²) in [6.07, 6.45) is 9.61. The largest absolute Gasteiger partial charge is 0.484 e.